The number of nitrogens with one attached hydrogen (secondary N) is 1. The van der Waals surface area contributed by atoms with E-state index in [1.54, 1.807) is 23.1 Å². The van der Waals surface area contributed by atoms with Gasteiger partial charge in [-0.1, -0.05) is 12.1 Å². The minimum absolute atomic E-state index is 0.00862. The van der Waals surface area contributed by atoms with Crippen molar-refractivity contribution < 1.29 is 17.6 Å². The summed E-state index contributed by atoms with van der Waals surface area (Å²) in [6.07, 6.45) is 0.674. The van der Waals surface area contributed by atoms with E-state index in [0.717, 1.165) is 10.4 Å². The number of fused-ring (bicyclic) bond motifs is 1. The summed E-state index contributed by atoms with van der Waals surface area (Å²) in [5, 5.41) is 0. The maximum Gasteiger partial charge on any atom is 0.250 e. The van der Waals surface area contributed by atoms with Crippen molar-refractivity contribution in [3.05, 3.63) is 52.2 Å². The van der Waals surface area contributed by atoms with Gasteiger partial charge >= 0.3 is 0 Å². The molecule has 3 rings (SSSR count). The average molecular weight is 368 g/mol. The number of nitrogens with zero attached hydrogens (tertiary/aromatic N) is 1. The number of carbonyl (C=O) groups is 1. The summed E-state index contributed by atoms with van der Waals surface area (Å²) in [4.78, 5) is 14.2. The van der Waals surface area contributed by atoms with E-state index in [1.807, 2.05) is 0 Å². The Hall–Kier alpha value is -1.77. The second-order valence-corrected chi connectivity index (χ2v) is 8.79. The predicted molar refractivity (Wildman–Crippen MR) is 89.5 cm³/mol. The van der Waals surface area contributed by atoms with E-state index >= 15 is 0 Å². The fourth-order valence-corrected chi connectivity index (χ4v) is 5.16. The van der Waals surface area contributed by atoms with Crippen molar-refractivity contribution in [1.82, 2.24) is 9.62 Å². The standard InChI is InChI=1S/C16H17FN2O3S2/c1-11(20)19-7-6-15-13(10-19)8-16(23-15)24(21,22)18-9-12-2-4-14(17)5-3-12/h2-5,8,18H,6-7,9-10H2,1H3. The van der Waals surface area contributed by atoms with Crippen LogP contribution >= 0.6 is 11.3 Å². The predicted octanol–water partition coefficient (Wildman–Crippen LogP) is 2.27. The van der Waals surface area contributed by atoms with Gasteiger partial charge in [0.05, 0.1) is 0 Å². The molecule has 0 spiro atoms. The highest BCUT2D eigenvalue weighted by molar-refractivity contribution is 7.91. The van der Waals surface area contributed by atoms with Gasteiger partial charge in [-0.05, 0) is 35.7 Å². The molecule has 5 nitrogen and oxygen atoms in total. The Morgan fingerprint density at radius 1 is 1.33 bits per heavy atom. The van der Waals surface area contributed by atoms with Crippen molar-refractivity contribution in [3.8, 4) is 0 Å². The van der Waals surface area contributed by atoms with E-state index < -0.39 is 10.0 Å². The minimum Gasteiger partial charge on any atom is -0.338 e. The summed E-state index contributed by atoms with van der Waals surface area (Å²) in [5.41, 5.74) is 1.58. The fraction of sp³-hybridized carbons (Fsp3) is 0.312. The number of amides is 1. The lowest BCUT2D eigenvalue weighted by Crippen LogP contribution is -2.33. The first-order chi connectivity index (χ1) is 11.3. The summed E-state index contributed by atoms with van der Waals surface area (Å²) >= 11 is 1.25. The van der Waals surface area contributed by atoms with E-state index in [0.29, 0.717) is 25.1 Å². The lowest BCUT2D eigenvalue weighted by atomic mass is 10.1. The number of hydrogen-bond acceptors (Lipinski definition) is 4. The quantitative estimate of drug-likeness (QED) is 0.900. The van der Waals surface area contributed by atoms with Gasteiger partial charge in [-0.25, -0.2) is 17.5 Å². The molecule has 24 heavy (non-hydrogen) atoms. The maximum absolute atomic E-state index is 12.9. The molecule has 1 N–H and O–H groups in total. The maximum atomic E-state index is 12.9. The largest absolute Gasteiger partial charge is 0.338 e. The Labute approximate surface area is 144 Å². The van der Waals surface area contributed by atoms with Crippen molar-refractivity contribution >= 4 is 27.3 Å². The number of sulfonamides is 1. The topological polar surface area (TPSA) is 66.5 Å². The summed E-state index contributed by atoms with van der Waals surface area (Å²) in [6, 6.07) is 7.32. The molecule has 0 bridgehead atoms. The van der Waals surface area contributed by atoms with Gasteiger partial charge in [0.15, 0.2) is 0 Å². The number of carbonyl (C=O) groups excluding carboxylic acids is 1. The highest BCUT2D eigenvalue weighted by Crippen LogP contribution is 2.31. The molecule has 128 valence electrons. The van der Waals surface area contributed by atoms with Gasteiger partial charge in [0.25, 0.3) is 0 Å². The first-order valence-corrected chi connectivity index (χ1v) is 9.76. The van der Waals surface area contributed by atoms with Crippen LogP contribution in [0.1, 0.15) is 22.9 Å². The molecule has 0 aliphatic carbocycles. The van der Waals surface area contributed by atoms with Crippen LogP contribution in [0.15, 0.2) is 34.5 Å². The van der Waals surface area contributed by atoms with Gasteiger partial charge in [-0.2, -0.15) is 0 Å². The first kappa shape index (κ1) is 17.1. The third-order valence-corrected chi connectivity index (χ3v) is 7.05. The Morgan fingerprint density at radius 3 is 2.71 bits per heavy atom. The van der Waals surface area contributed by atoms with Crippen LogP contribution in [0.3, 0.4) is 0 Å². The average Bonchev–Trinajstić information content (AvgIpc) is 2.98. The van der Waals surface area contributed by atoms with Gasteiger partial charge in [-0.15, -0.1) is 11.3 Å². The van der Waals surface area contributed by atoms with Crippen LogP contribution in [0.25, 0.3) is 0 Å². The number of benzene rings is 1. The molecule has 2 aromatic rings. The van der Waals surface area contributed by atoms with E-state index in [2.05, 4.69) is 4.72 Å². The van der Waals surface area contributed by atoms with Crippen molar-refractivity contribution in [3.63, 3.8) is 0 Å². The Bertz CT molecular complexity index is 860. The van der Waals surface area contributed by atoms with E-state index in [1.165, 1.54) is 30.4 Å². The summed E-state index contributed by atoms with van der Waals surface area (Å²) < 4.78 is 40.6. The van der Waals surface area contributed by atoms with Gasteiger partial charge in [0.2, 0.25) is 15.9 Å². The smallest absolute Gasteiger partial charge is 0.250 e. The molecular formula is C16H17FN2O3S2. The molecule has 0 atom stereocenters. The molecule has 1 aliphatic heterocycles. The van der Waals surface area contributed by atoms with Gasteiger partial charge in [0.1, 0.15) is 10.0 Å². The molecule has 1 aromatic heterocycles. The van der Waals surface area contributed by atoms with E-state index in [9.17, 15) is 17.6 Å². The third kappa shape index (κ3) is 3.66. The first-order valence-electron chi connectivity index (χ1n) is 7.46. The lowest BCUT2D eigenvalue weighted by molar-refractivity contribution is -0.129. The van der Waals surface area contributed by atoms with Crippen molar-refractivity contribution in [2.45, 2.75) is 30.6 Å². The summed E-state index contributed by atoms with van der Waals surface area (Å²) in [6.45, 7) is 2.68. The molecule has 1 aromatic carbocycles. The molecule has 0 saturated heterocycles. The van der Waals surface area contributed by atoms with Crippen molar-refractivity contribution in [2.75, 3.05) is 6.54 Å². The van der Waals surface area contributed by atoms with E-state index in [-0.39, 0.29) is 22.5 Å². The Balaban J connectivity index is 1.74. The monoisotopic (exact) mass is 368 g/mol. The van der Waals surface area contributed by atoms with Crippen LogP contribution in [-0.2, 0) is 34.3 Å². The molecule has 1 amide bonds. The zero-order valence-corrected chi connectivity index (χ0v) is 14.7. The zero-order chi connectivity index (χ0) is 17.3. The van der Waals surface area contributed by atoms with E-state index in [4.69, 9.17) is 0 Å². The second kappa shape index (κ2) is 6.62. The Morgan fingerprint density at radius 2 is 2.04 bits per heavy atom. The van der Waals surface area contributed by atoms with Crippen molar-refractivity contribution in [1.29, 1.82) is 0 Å². The lowest BCUT2D eigenvalue weighted by Gasteiger charge is -2.25. The van der Waals surface area contributed by atoms with Crippen LogP contribution in [0.2, 0.25) is 0 Å². The Kier molecular flexibility index (Phi) is 4.71. The molecule has 0 radical (unpaired) electrons. The highest BCUT2D eigenvalue weighted by Gasteiger charge is 2.25. The minimum atomic E-state index is -3.63. The molecular weight excluding hydrogens is 351 g/mol. The van der Waals surface area contributed by atoms with Crippen LogP contribution in [0, 0.1) is 5.82 Å². The third-order valence-electron chi connectivity index (χ3n) is 3.93. The molecule has 0 saturated carbocycles. The number of thiophene rings is 1. The van der Waals surface area contributed by atoms with Gasteiger partial charge < -0.3 is 4.90 Å². The summed E-state index contributed by atoms with van der Waals surface area (Å²) in [5.74, 6) is -0.367. The van der Waals surface area contributed by atoms with Crippen LogP contribution < -0.4 is 4.72 Å². The molecule has 0 fully saturated rings. The number of hydrogen-bond donors (Lipinski definition) is 1. The molecule has 8 heteroatoms. The number of rotatable bonds is 4. The molecule has 1 aliphatic rings. The SMILES string of the molecule is CC(=O)N1CCc2sc(S(=O)(=O)NCc3ccc(F)cc3)cc2C1. The molecule has 2 heterocycles. The van der Waals surface area contributed by atoms with Crippen molar-refractivity contribution in [2.24, 2.45) is 0 Å². The van der Waals surface area contributed by atoms with Crippen LogP contribution in [-0.4, -0.2) is 25.8 Å². The van der Waals surface area contributed by atoms with Gasteiger partial charge in [0, 0.05) is 31.4 Å². The fourth-order valence-electron chi connectivity index (χ4n) is 2.56. The molecule has 0 unspecified atom stereocenters. The highest BCUT2D eigenvalue weighted by atomic mass is 32.2. The summed E-state index contributed by atoms with van der Waals surface area (Å²) in [7, 11) is -3.63. The normalized spacial score (nSPS) is 14.5. The zero-order valence-electron chi connectivity index (χ0n) is 13.1. The van der Waals surface area contributed by atoms with Crippen LogP contribution in [0.4, 0.5) is 4.39 Å². The van der Waals surface area contributed by atoms with Gasteiger partial charge in [-0.3, -0.25) is 4.79 Å². The second-order valence-electron chi connectivity index (χ2n) is 5.66. The van der Waals surface area contributed by atoms with Crippen LogP contribution in [0.5, 0.6) is 0 Å². The number of halogens is 1.